The smallest absolute Gasteiger partial charge is 0.328 e. The summed E-state index contributed by atoms with van der Waals surface area (Å²) in [6, 6.07) is 9.08. The highest BCUT2D eigenvalue weighted by molar-refractivity contribution is 5.90. The number of hydrogen-bond donors (Lipinski definition) is 2. The molecule has 0 radical (unpaired) electrons. The van der Waals surface area contributed by atoms with Crippen LogP contribution in [0.15, 0.2) is 48.5 Å². The summed E-state index contributed by atoms with van der Waals surface area (Å²) >= 11 is 0. The van der Waals surface area contributed by atoms with Gasteiger partial charge in [-0.3, -0.25) is 9.59 Å². The fourth-order valence-electron chi connectivity index (χ4n) is 2.82. The molecule has 0 aliphatic heterocycles. The van der Waals surface area contributed by atoms with Crippen LogP contribution in [0.2, 0.25) is 0 Å². The topological polar surface area (TPSA) is 84.5 Å². The molecule has 2 aromatic rings. The van der Waals surface area contributed by atoms with Crippen LogP contribution in [0.25, 0.3) is 0 Å². The molecule has 2 rings (SSSR count). The molecule has 0 aliphatic rings. The number of carbonyl (C=O) groups is 3. The normalized spacial score (nSPS) is 12.6. The zero-order valence-corrected chi connectivity index (χ0v) is 16.1. The van der Waals surface area contributed by atoms with Gasteiger partial charge in [0, 0.05) is 19.8 Å². The molecule has 0 unspecified atom stereocenters. The van der Waals surface area contributed by atoms with Crippen LogP contribution >= 0.6 is 0 Å². The van der Waals surface area contributed by atoms with Gasteiger partial charge in [0.05, 0.1) is 7.11 Å². The molecule has 0 saturated heterocycles. The number of methoxy groups -OCH3 is 1. The van der Waals surface area contributed by atoms with Gasteiger partial charge in [0.15, 0.2) is 0 Å². The van der Waals surface area contributed by atoms with Crippen molar-refractivity contribution in [3.63, 3.8) is 0 Å². The first kappa shape index (κ1) is 22.0. The van der Waals surface area contributed by atoms with Crippen molar-refractivity contribution >= 4 is 17.8 Å². The molecular formula is C21H22F2N2O4. The van der Waals surface area contributed by atoms with Gasteiger partial charge in [-0.25, -0.2) is 13.6 Å². The van der Waals surface area contributed by atoms with Gasteiger partial charge >= 0.3 is 5.97 Å². The minimum atomic E-state index is -1.07. The van der Waals surface area contributed by atoms with Crippen LogP contribution in [-0.4, -0.2) is 37.0 Å². The molecule has 0 spiro atoms. The second-order valence-electron chi connectivity index (χ2n) is 6.50. The van der Waals surface area contributed by atoms with Crippen molar-refractivity contribution in [1.82, 2.24) is 10.6 Å². The lowest BCUT2D eigenvalue weighted by Gasteiger charge is -2.22. The summed E-state index contributed by atoms with van der Waals surface area (Å²) in [7, 11) is 1.18. The lowest BCUT2D eigenvalue weighted by atomic mass is 10.0. The van der Waals surface area contributed by atoms with Gasteiger partial charge < -0.3 is 15.4 Å². The number of carbonyl (C=O) groups excluding carboxylic acids is 3. The average molecular weight is 404 g/mol. The predicted octanol–water partition coefficient (Wildman–Crippen LogP) is 1.91. The van der Waals surface area contributed by atoms with Crippen LogP contribution in [0.4, 0.5) is 8.78 Å². The molecule has 0 heterocycles. The molecule has 2 aromatic carbocycles. The number of rotatable bonds is 8. The maximum absolute atomic E-state index is 13.4. The molecule has 0 aliphatic carbocycles. The minimum absolute atomic E-state index is 0.0134. The Morgan fingerprint density at radius 3 is 2.14 bits per heavy atom. The summed E-state index contributed by atoms with van der Waals surface area (Å²) in [5.41, 5.74) is 1.12. The van der Waals surface area contributed by atoms with Crippen LogP contribution in [0.1, 0.15) is 18.1 Å². The van der Waals surface area contributed by atoms with E-state index in [4.69, 9.17) is 4.74 Å². The maximum Gasteiger partial charge on any atom is 0.328 e. The van der Waals surface area contributed by atoms with Crippen LogP contribution in [0.3, 0.4) is 0 Å². The first-order chi connectivity index (χ1) is 13.8. The zero-order valence-electron chi connectivity index (χ0n) is 16.1. The highest BCUT2D eigenvalue weighted by atomic mass is 19.1. The molecule has 8 heteroatoms. The first-order valence-electron chi connectivity index (χ1n) is 8.92. The van der Waals surface area contributed by atoms with E-state index < -0.39 is 41.5 Å². The van der Waals surface area contributed by atoms with Gasteiger partial charge in [-0.2, -0.15) is 0 Å². The van der Waals surface area contributed by atoms with Crippen LogP contribution in [0.5, 0.6) is 0 Å². The lowest BCUT2D eigenvalue weighted by molar-refractivity contribution is -0.145. The van der Waals surface area contributed by atoms with E-state index in [1.54, 1.807) is 6.07 Å². The quantitative estimate of drug-likeness (QED) is 0.659. The van der Waals surface area contributed by atoms with E-state index in [0.717, 1.165) is 0 Å². The summed E-state index contributed by atoms with van der Waals surface area (Å²) < 4.78 is 31.3. The van der Waals surface area contributed by atoms with Gasteiger partial charge in [-0.05, 0) is 35.4 Å². The van der Waals surface area contributed by atoms with Crippen molar-refractivity contribution in [2.45, 2.75) is 31.8 Å². The van der Waals surface area contributed by atoms with E-state index in [0.29, 0.717) is 11.1 Å². The monoisotopic (exact) mass is 404 g/mol. The third-order valence-electron chi connectivity index (χ3n) is 4.18. The van der Waals surface area contributed by atoms with Crippen molar-refractivity contribution in [3.8, 4) is 0 Å². The standard InChI is InChI=1S/C21H22F2N2O4/c1-13(26)24-18(11-14-6-8-16(22)9-7-14)20(27)25-19(21(28)29-2)12-15-4-3-5-17(23)10-15/h3-10,18-19H,11-12H2,1-2H3,(H,24,26)(H,25,27)/t18-,19-/m0/s1. The number of hydrogen-bond acceptors (Lipinski definition) is 4. The van der Waals surface area contributed by atoms with Gasteiger partial charge in [0.1, 0.15) is 23.7 Å². The number of ether oxygens (including phenoxy) is 1. The number of nitrogens with one attached hydrogen (secondary N) is 2. The molecule has 29 heavy (non-hydrogen) atoms. The molecule has 0 fully saturated rings. The summed E-state index contributed by atoms with van der Waals surface area (Å²) in [4.78, 5) is 36.4. The van der Waals surface area contributed by atoms with Crippen molar-refractivity contribution in [2.24, 2.45) is 0 Å². The molecule has 154 valence electrons. The summed E-state index contributed by atoms with van der Waals surface area (Å²) in [5, 5.41) is 5.07. The number of halogens is 2. The zero-order chi connectivity index (χ0) is 21.4. The Hall–Kier alpha value is -3.29. The number of esters is 1. The van der Waals surface area contributed by atoms with E-state index in [2.05, 4.69) is 10.6 Å². The van der Waals surface area contributed by atoms with E-state index in [-0.39, 0.29) is 12.8 Å². The molecule has 2 atom stereocenters. The Labute approximate surface area is 167 Å². The molecule has 0 saturated carbocycles. The molecule has 2 N–H and O–H groups in total. The highest BCUT2D eigenvalue weighted by Gasteiger charge is 2.27. The second kappa shape index (κ2) is 10.3. The van der Waals surface area contributed by atoms with Gasteiger partial charge in [0.2, 0.25) is 11.8 Å². The molecular weight excluding hydrogens is 382 g/mol. The van der Waals surface area contributed by atoms with E-state index in [1.165, 1.54) is 56.5 Å². The minimum Gasteiger partial charge on any atom is -0.467 e. The van der Waals surface area contributed by atoms with Crippen molar-refractivity contribution in [1.29, 1.82) is 0 Å². The first-order valence-corrected chi connectivity index (χ1v) is 8.92. The largest absolute Gasteiger partial charge is 0.467 e. The van der Waals surface area contributed by atoms with Crippen molar-refractivity contribution in [3.05, 3.63) is 71.3 Å². The summed E-state index contributed by atoms with van der Waals surface area (Å²) in [6.45, 7) is 1.26. The fraction of sp³-hybridized carbons (Fsp3) is 0.286. The van der Waals surface area contributed by atoms with Crippen LogP contribution in [-0.2, 0) is 32.0 Å². The van der Waals surface area contributed by atoms with Gasteiger partial charge in [-0.1, -0.05) is 24.3 Å². The molecule has 0 aromatic heterocycles. The third kappa shape index (κ3) is 6.99. The van der Waals surface area contributed by atoms with Gasteiger partial charge in [-0.15, -0.1) is 0 Å². The number of amides is 2. The Bertz CT molecular complexity index is 871. The Morgan fingerprint density at radius 2 is 1.55 bits per heavy atom. The predicted molar refractivity (Wildman–Crippen MR) is 102 cm³/mol. The second-order valence-corrected chi connectivity index (χ2v) is 6.50. The van der Waals surface area contributed by atoms with Gasteiger partial charge in [0.25, 0.3) is 0 Å². The number of benzene rings is 2. The van der Waals surface area contributed by atoms with E-state index in [9.17, 15) is 23.2 Å². The lowest BCUT2D eigenvalue weighted by Crippen LogP contribution is -2.53. The summed E-state index contributed by atoms with van der Waals surface area (Å²) in [5.74, 6) is -2.64. The molecule has 6 nitrogen and oxygen atoms in total. The van der Waals surface area contributed by atoms with Crippen LogP contribution < -0.4 is 10.6 Å². The Kier molecular flexibility index (Phi) is 7.82. The SMILES string of the molecule is COC(=O)[C@H](Cc1cccc(F)c1)NC(=O)[C@H](Cc1ccc(F)cc1)NC(C)=O. The maximum atomic E-state index is 13.4. The summed E-state index contributed by atoms with van der Waals surface area (Å²) in [6.07, 6.45) is 0.110. The van der Waals surface area contributed by atoms with Crippen molar-refractivity contribution in [2.75, 3.05) is 7.11 Å². The van der Waals surface area contributed by atoms with E-state index in [1.807, 2.05) is 0 Å². The van der Waals surface area contributed by atoms with Crippen LogP contribution in [0, 0.1) is 11.6 Å². The Morgan fingerprint density at radius 1 is 0.897 bits per heavy atom. The van der Waals surface area contributed by atoms with Crippen molar-refractivity contribution < 1.29 is 27.9 Å². The van der Waals surface area contributed by atoms with E-state index >= 15 is 0 Å². The highest BCUT2D eigenvalue weighted by Crippen LogP contribution is 2.10. The molecule has 0 bridgehead atoms. The fourth-order valence-corrected chi connectivity index (χ4v) is 2.82. The third-order valence-corrected chi connectivity index (χ3v) is 4.18. The molecule has 2 amide bonds. The average Bonchev–Trinajstić information content (AvgIpc) is 2.67. The Balaban J connectivity index is 2.16.